The minimum Gasteiger partial charge on any atom is -0.339 e. The van der Waals surface area contributed by atoms with E-state index in [4.69, 9.17) is 0 Å². The molecule has 3 heterocycles. The van der Waals surface area contributed by atoms with Crippen LogP contribution in [0.2, 0.25) is 0 Å². The molecular weight excluding hydrogens is 366 g/mol. The Morgan fingerprint density at radius 3 is 3.00 bits per heavy atom. The minimum atomic E-state index is -0.0130. The van der Waals surface area contributed by atoms with E-state index in [9.17, 15) is 9.59 Å². The number of carbonyl (C=O) groups excluding carboxylic acids is 1. The second kappa shape index (κ2) is 7.72. The van der Waals surface area contributed by atoms with Crippen LogP contribution < -0.4 is 5.56 Å². The number of carbonyl (C=O) groups is 1. The normalized spacial score (nSPS) is 20.3. The number of hydrogen-bond acceptors (Lipinski definition) is 5. The van der Waals surface area contributed by atoms with E-state index in [1.807, 2.05) is 4.90 Å². The third kappa shape index (κ3) is 3.56. The van der Waals surface area contributed by atoms with Gasteiger partial charge in [-0.1, -0.05) is 0 Å². The van der Waals surface area contributed by atoms with Crippen molar-refractivity contribution in [2.45, 2.75) is 63.7 Å². The summed E-state index contributed by atoms with van der Waals surface area (Å²) in [6.45, 7) is 3.01. The predicted molar refractivity (Wildman–Crippen MR) is 108 cm³/mol. The Bertz CT molecular complexity index is 874. The Balaban J connectivity index is 1.43. The van der Waals surface area contributed by atoms with Crippen molar-refractivity contribution < 1.29 is 4.79 Å². The number of aromatic nitrogens is 2. The van der Waals surface area contributed by atoms with Crippen molar-refractivity contribution >= 4 is 39.2 Å². The highest BCUT2D eigenvalue weighted by Crippen LogP contribution is 2.33. The van der Waals surface area contributed by atoms with E-state index in [0.29, 0.717) is 23.4 Å². The molecule has 1 aliphatic carbocycles. The number of nitrogens with zero attached hydrogens (tertiary/aromatic N) is 2. The topological polar surface area (TPSA) is 66.1 Å². The first-order valence-electron chi connectivity index (χ1n) is 9.54. The minimum absolute atomic E-state index is 0.0130. The standard InChI is InChI=1S/C19H25N3O2S2/c1-12-6-4-5-9-22(12)16(23)11-25-10-15-20-18(24)17-13-7-2-3-8-14(13)26-19(17)21-15/h12H,2-11H2,1H3,(H,20,21,24). The van der Waals surface area contributed by atoms with Gasteiger partial charge in [-0.25, -0.2) is 4.98 Å². The lowest BCUT2D eigenvalue weighted by molar-refractivity contribution is -0.131. The number of aromatic amines is 1. The van der Waals surface area contributed by atoms with Crippen LogP contribution in [0.25, 0.3) is 10.2 Å². The number of nitrogens with one attached hydrogen (secondary N) is 1. The monoisotopic (exact) mass is 391 g/mol. The number of H-pyrrole nitrogens is 1. The molecule has 26 heavy (non-hydrogen) atoms. The van der Waals surface area contributed by atoms with E-state index in [2.05, 4.69) is 16.9 Å². The number of rotatable bonds is 4. The van der Waals surface area contributed by atoms with Gasteiger partial charge in [0.25, 0.3) is 5.56 Å². The van der Waals surface area contributed by atoms with Crippen molar-refractivity contribution in [3.8, 4) is 0 Å². The van der Waals surface area contributed by atoms with Crippen LogP contribution in [0.1, 0.15) is 55.3 Å². The van der Waals surface area contributed by atoms with Gasteiger partial charge in [-0.05, 0) is 57.4 Å². The van der Waals surface area contributed by atoms with Crippen LogP contribution in [-0.4, -0.2) is 39.1 Å². The third-order valence-electron chi connectivity index (χ3n) is 5.46. The molecule has 1 fully saturated rings. The maximum absolute atomic E-state index is 12.5. The van der Waals surface area contributed by atoms with Gasteiger partial charge in [-0.15, -0.1) is 23.1 Å². The number of hydrogen-bond donors (Lipinski definition) is 1. The fraction of sp³-hybridized carbons (Fsp3) is 0.632. The molecule has 140 valence electrons. The number of piperidine rings is 1. The fourth-order valence-electron chi connectivity index (χ4n) is 4.06. The maximum Gasteiger partial charge on any atom is 0.259 e. The second-order valence-corrected chi connectivity index (χ2v) is 9.40. The van der Waals surface area contributed by atoms with Crippen molar-refractivity contribution in [3.63, 3.8) is 0 Å². The van der Waals surface area contributed by atoms with Gasteiger partial charge < -0.3 is 9.88 Å². The van der Waals surface area contributed by atoms with E-state index in [0.717, 1.165) is 48.9 Å². The Hall–Kier alpha value is -1.34. The first-order valence-corrected chi connectivity index (χ1v) is 11.5. The average Bonchev–Trinajstić information content (AvgIpc) is 3.00. The summed E-state index contributed by atoms with van der Waals surface area (Å²) in [6.07, 6.45) is 7.86. The third-order valence-corrected chi connectivity index (χ3v) is 7.58. The zero-order valence-corrected chi connectivity index (χ0v) is 16.8. The number of likely N-dealkylation sites (tertiary alicyclic amines) is 1. The molecule has 0 aromatic carbocycles. The average molecular weight is 392 g/mol. The van der Waals surface area contributed by atoms with Gasteiger partial charge in [-0.3, -0.25) is 9.59 Å². The summed E-state index contributed by atoms with van der Waals surface area (Å²) in [5.41, 5.74) is 1.21. The molecule has 2 aromatic rings. The van der Waals surface area contributed by atoms with Crippen LogP contribution in [0.5, 0.6) is 0 Å². The summed E-state index contributed by atoms with van der Waals surface area (Å²) in [6, 6.07) is 0.351. The molecule has 4 rings (SSSR count). The molecule has 1 unspecified atom stereocenters. The number of aryl methyl sites for hydroxylation is 2. The Labute approximate surface area is 161 Å². The van der Waals surface area contributed by atoms with Gasteiger partial charge in [0.1, 0.15) is 10.7 Å². The number of fused-ring (bicyclic) bond motifs is 3. The van der Waals surface area contributed by atoms with Crippen molar-refractivity contribution in [3.05, 3.63) is 26.6 Å². The number of thiophene rings is 1. The molecular formula is C19H25N3O2S2. The predicted octanol–water partition coefficient (Wildman–Crippen LogP) is 3.50. The van der Waals surface area contributed by atoms with E-state index < -0.39 is 0 Å². The molecule has 1 saturated heterocycles. The van der Waals surface area contributed by atoms with Crippen LogP contribution in [0.3, 0.4) is 0 Å². The molecule has 1 atom stereocenters. The summed E-state index contributed by atoms with van der Waals surface area (Å²) in [4.78, 5) is 36.8. The quantitative estimate of drug-likeness (QED) is 0.866. The highest BCUT2D eigenvalue weighted by atomic mass is 32.2. The Kier molecular flexibility index (Phi) is 5.36. The van der Waals surface area contributed by atoms with Gasteiger partial charge in [0.2, 0.25) is 5.91 Å². The van der Waals surface area contributed by atoms with Crippen LogP contribution in [-0.2, 0) is 23.4 Å². The first kappa shape index (κ1) is 18.0. The number of amides is 1. The molecule has 7 heteroatoms. The van der Waals surface area contributed by atoms with Crippen molar-refractivity contribution in [2.24, 2.45) is 0 Å². The number of thioether (sulfide) groups is 1. The van der Waals surface area contributed by atoms with Crippen LogP contribution in [0, 0.1) is 0 Å². The lowest BCUT2D eigenvalue weighted by Gasteiger charge is -2.33. The largest absolute Gasteiger partial charge is 0.339 e. The molecule has 2 aromatic heterocycles. The Morgan fingerprint density at radius 2 is 2.15 bits per heavy atom. The van der Waals surface area contributed by atoms with Crippen LogP contribution in [0.4, 0.5) is 0 Å². The highest BCUT2D eigenvalue weighted by molar-refractivity contribution is 7.99. The lowest BCUT2D eigenvalue weighted by Crippen LogP contribution is -2.42. The molecule has 0 radical (unpaired) electrons. The van der Waals surface area contributed by atoms with E-state index in [1.54, 1.807) is 23.1 Å². The summed E-state index contributed by atoms with van der Waals surface area (Å²) >= 11 is 3.22. The fourth-order valence-corrected chi connectivity index (χ4v) is 6.12. The SMILES string of the molecule is CC1CCCCN1C(=O)CSCc1nc2sc3c(c2c(=O)[nH]1)CCCC3. The summed E-state index contributed by atoms with van der Waals surface area (Å²) < 4.78 is 0. The smallest absolute Gasteiger partial charge is 0.259 e. The summed E-state index contributed by atoms with van der Waals surface area (Å²) in [5.74, 6) is 1.91. The van der Waals surface area contributed by atoms with Crippen LogP contribution in [0.15, 0.2) is 4.79 Å². The van der Waals surface area contributed by atoms with Crippen LogP contribution >= 0.6 is 23.1 Å². The van der Waals surface area contributed by atoms with Gasteiger partial charge in [0, 0.05) is 17.5 Å². The maximum atomic E-state index is 12.5. The summed E-state index contributed by atoms with van der Waals surface area (Å²) in [5, 5.41) is 0.802. The molecule has 0 spiro atoms. The second-order valence-electron chi connectivity index (χ2n) is 7.33. The van der Waals surface area contributed by atoms with E-state index in [1.165, 1.54) is 23.3 Å². The van der Waals surface area contributed by atoms with Crippen molar-refractivity contribution in [2.75, 3.05) is 12.3 Å². The molecule has 1 amide bonds. The summed E-state index contributed by atoms with van der Waals surface area (Å²) in [7, 11) is 0. The molecule has 0 bridgehead atoms. The Morgan fingerprint density at radius 1 is 1.31 bits per heavy atom. The zero-order valence-electron chi connectivity index (χ0n) is 15.2. The first-order chi connectivity index (χ1) is 12.6. The molecule has 5 nitrogen and oxygen atoms in total. The van der Waals surface area contributed by atoms with E-state index in [-0.39, 0.29) is 11.5 Å². The van der Waals surface area contributed by atoms with Gasteiger partial charge in [0.15, 0.2) is 0 Å². The molecule has 2 aliphatic rings. The van der Waals surface area contributed by atoms with Crippen molar-refractivity contribution in [1.82, 2.24) is 14.9 Å². The zero-order chi connectivity index (χ0) is 18.1. The molecule has 1 N–H and O–H groups in total. The van der Waals surface area contributed by atoms with Gasteiger partial charge >= 0.3 is 0 Å². The van der Waals surface area contributed by atoms with Crippen molar-refractivity contribution in [1.29, 1.82) is 0 Å². The van der Waals surface area contributed by atoms with E-state index >= 15 is 0 Å². The highest BCUT2D eigenvalue weighted by Gasteiger charge is 2.23. The lowest BCUT2D eigenvalue weighted by atomic mass is 9.97. The molecule has 1 aliphatic heterocycles. The van der Waals surface area contributed by atoms with Gasteiger partial charge in [0.05, 0.1) is 16.9 Å². The van der Waals surface area contributed by atoms with Gasteiger partial charge in [-0.2, -0.15) is 0 Å². The molecule has 0 saturated carbocycles.